The van der Waals surface area contributed by atoms with Gasteiger partial charge in [-0.05, 0) is 35.4 Å². The Morgan fingerprint density at radius 1 is 1.33 bits per heavy atom. The highest BCUT2D eigenvalue weighted by Gasteiger charge is 2.17. The van der Waals surface area contributed by atoms with Gasteiger partial charge in [-0.3, -0.25) is 4.79 Å². The van der Waals surface area contributed by atoms with E-state index in [2.05, 4.69) is 27.7 Å². The van der Waals surface area contributed by atoms with Crippen molar-refractivity contribution in [1.29, 1.82) is 0 Å². The van der Waals surface area contributed by atoms with E-state index in [-0.39, 0.29) is 17.0 Å². The maximum Gasteiger partial charge on any atom is 0.137 e. The van der Waals surface area contributed by atoms with Gasteiger partial charge in [-0.15, -0.1) is 0 Å². The van der Waals surface area contributed by atoms with E-state index in [9.17, 15) is 9.18 Å². The first-order valence-corrected chi connectivity index (χ1v) is 6.52. The summed E-state index contributed by atoms with van der Waals surface area (Å²) in [6.45, 7) is 8.65. The molecule has 0 amide bonds. The molecule has 1 aromatic carbocycles. The number of rotatable bonds is 5. The molecule has 0 heterocycles. The summed E-state index contributed by atoms with van der Waals surface area (Å²) in [5.74, 6) is 0.298. The van der Waals surface area contributed by atoms with Crippen LogP contribution in [0.1, 0.15) is 46.1 Å². The Kier molecular flexibility index (Phi) is 5.06. The molecule has 0 aliphatic carbocycles. The molecule has 1 aromatic rings. The van der Waals surface area contributed by atoms with Crippen molar-refractivity contribution in [3.05, 3.63) is 35.6 Å². The summed E-state index contributed by atoms with van der Waals surface area (Å²) in [7, 11) is 0. The quantitative estimate of drug-likeness (QED) is 0.757. The van der Waals surface area contributed by atoms with Crippen LogP contribution < -0.4 is 0 Å². The second-order valence-corrected chi connectivity index (χ2v) is 6.42. The first-order chi connectivity index (χ1) is 8.26. The molecular weight excluding hydrogens is 227 g/mol. The van der Waals surface area contributed by atoms with E-state index in [1.165, 1.54) is 12.1 Å². The van der Waals surface area contributed by atoms with Gasteiger partial charge in [0.2, 0.25) is 0 Å². The molecule has 0 aromatic heterocycles. The fourth-order valence-electron chi connectivity index (χ4n) is 2.45. The molecule has 2 heteroatoms. The van der Waals surface area contributed by atoms with Gasteiger partial charge in [-0.1, -0.05) is 39.8 Å². The number of benzene rings is 1. The predicted molar refractivity (Wildman–Crippen MR) is 73.0 cm³/mol. The number of halogens is 1. The zero-order valence-corrected chi connectivity index (χ0v) is 11.8. The third-order valence-corrected chi connectivity index (χ3v) is 2.83. The number of carbonyl (C=O) groups excluding carboxylic acids is 1. The van der Waals surface area contributed by atoms with Crippen molar-refractivity contribution < 1.29 is 9.18 Å². The Morgan fingerprint density at radius 2 is 2.00 bits per heavy atom. The Labute approximate surface area is 109 Å². The highest BCUT2D eigenvalue weighted by atomic mass is 19.1. The molecule has 0 fully saturated rings. The lowest BCUT2D eigenvalue weighted by Gasteiger charge is -2.22. The van der Waals surface area contributed by atoms with E-state index in [0.717, 1.165) is 12.0 Å². The van der Waals surface area contributed by atoms with Crippen molar-refractivity contribution >= 4 is 5.78 Å². The highest BCUT2D eigenvalue weighted by molar-refractivity contribution is 5.81. The Balaban J connectivity index is 2.47. The molecule has 100 valence electrons. The normalized spacial score (nSPS) is 13.4. The van der Waals surface area contributed by atoms with Crippen LogP contribution in [-0.2, 0) is 11.2 Å². The Hall–Kier alpha value is -1.18. The molecule has 0 aliphatic heterocycles. The predicted octanol–water partition coefficient (Wildman–Crippen LogP) is 4.40. The number of ketones is 1. The zero-order chi connectivity index (χ0) is 13.8. The molecule has 0 spiro atoms. The van der Waals surface area contributed by atoms with Gasteiger partial charge in [0, 0.05) is 12.8 Å². The fraction of sp³-hybridized carbons (Fsp3) is 0.562. The molecule has 0 saturated carbocycles. The zero-order valence-electron chi connectivity index (χ0n) is 11.8. The van der Waals surface area contributed by atoms with E-state index in [1.807, 2.05) is 0 Å². The lowest BCUT2D eigenvalue weighted by Crippen LogP contribution is -2.15. The largest absolute Gasteiger partial charge is 0.299 e. The summed E-state index contributed by atoms with van der Waals surface area (Å²) in [5.41, 5.74) is 1.02. The number of carbonyl (C=O) groups is 1. The molecule has 18 heavy (non-hydrogen) atoms. The van der Waals surface area contributed by atoms with Crippen LogP contribution in [0, 0.1) is 17.2 Å². The van der Waals surface area contributed by atoms with Crippen LogP contribution in [0.25, 0.3) is 0 Å². The first kappa shape index (κ1) is 14.9. The van der Waals surface area contributed by atoms with Gasteiger partial charge in [-0.2, -0.15) is 0 Å². The third kappa shape index (κ3) is 5.95. The number of hydrogen-bond donors (Lipinski definition) is 0. The molecular formula is C16H23FO. The van der Waals surface area contributed by atoms with E-state index in [4.69, 9.17) is 0 Å². The maximum absolute atomic E-state index is 13.0. The van der Waals surface area contributed by atoms with E-state index < -0.39 is 0 Å². The van der Waals surface area contributed by atoms with Gasteiger partial charge >= 0.3 is 0 Å². The van der Waals surface area contributed by atoms with Crippen LogP contribution in [0.5, 0.6) is 0 Å². The van der Waals surface area contributed by atoms with Gasteiger partial charge in [-0.25, -0.2) is 4.39 Å². The van der Waals surface area contributed by atoms with Crippen molar-refractivity contribution in [2.24, 2.45) is 11.3 Å². The van der Waals surface area contributed by atoms with Crippen molar-refractivity contribution in [1.82, 2.24) is 0 Å². The summed E-state index contributed by atoms with van der Waals surface area (Å²) in [6.07, 6.45) is 1.95. The minimum absolute atomic E-state index is 0.192. The molecule has 1 rings (SSSR count). The van der Waals surface area contributed by atoms with Gasteiger partial charge < -0.3 is 0 Å². The average molecular weight is 250 g/mol. The molecule has 1 atom stereocenters. The molecule has 0 N–H and O–H groups in total. The number of hydrogen-bond acceptors (Lipinski definition) is 1. The van der Waals surface area contributed by atoms with Crippen LogP contribution >= 0.6 is 0 Å². The molecule has 1 unspecified atom stereocenters. The summed E-state index contributed by atoms with van der Waals surface area (Å²) >= 11 is 0. The topological polar surface area (TPSA) is 17.1 Å². The minimum atomic E-state index is -0.275. The van der Waals surface area contributed by atoms with Gasteiger partial charge in [0.1, 0.15) is 11.6 Å². The lowest BCUT2D eigenvalue weighted by atomic mass is 9.83. The monoisotopic (exact) mass is 250 g/mol. The average Bonchev–Trinajstić information content (AvgIpc) is 2.13. The minimum Gasteiger partial charge on any atom is -0.299 e. The summed E-state index contributed by atoms with van der Waals surface area (Å²) in [6, 6.07) is 6.29. The Bertz CT molecular complexity index is 404. The first-order valence-electron chi connectivity index (χ1n) is 6.52. The lowest BCUT2D eigenvalue weighted by molar-refractivity contribution is -0.119. The summed E-state index contributed by atoms with van der Waals surface area (Å²) in [5, 5.41) is 0. The summed E-state index contributed by atoms with van der Waals surface area (Å²) < 4.78 is 13.0. The summed E-state index contributed by atoms with van der Waals surface area (Å²) in [4.78, 5) is 11.9. The van der Waals surface area contributed by atoms with Gasteiger partial charge in [0.05, 0.1) is 0 Å². The molecule has 1 nitrogen and oxygen atoms in total. The highest BCUT2D eigenvalue weighted by Crippen LogP contribution is 2.26. The van der Waals surface area contributed by atoms with E-state index >= 15 is 0 Å². The smallest absolute Gasteiger partial charge is 0.137 e. The van der Waals surface area contributed by atoms with Crippen LogP contribution in [0.2, 0.25) is 0 Å². The van der Waals surface area contributed by atoms with Crippen LogP contribution in [0.15, 0.2) is 24.3 Å². The standard InChI is InChI=1S/C16H23FO/c1-12(11-16(2,3)4)8-15(18)10-13-6-5-7-14(17)9-13/h5-7,9,12H,8,10-11H2,1-4H3. The second-order valence-electron chi connectivity index (χ2n) is 6.42. The molecule has 0 saturated heterocycles. The third-order valence-electron chi connectivity index (χ3n) is 2.83. The van der Waals surface area contributed by atoms with E-state index in [0.29, 0.717) is 18.8 Å². The fourth-order valence-corrected chi connectivity index (χ4v) is 2.45. The maximum atomic E-state index is 13.0. The van der Waals surface area contributed by atoms with Crippen molar-refractivity contribution in [3.63, 3.8) is 0 Å². The van der Waals surface area contributed by atoms with Gasteiger partial charge in [0.15, 0.2) is 0 Å². The Morgan fingerprint density at radius 3 is 2.56 bits per heavy atom. The van der Waals surface area contributed by atoms with Crippen LogP contribution in [0.3, 0.4) is 0 Å². The second kappa shape index (κ2) is 6.12. The number of Topliss-reactive ketones (excluding diaryl/α,β-unsaturated/α-hetero) is 1. The van der Waals surface area contributed by atoms with Crippen LogP contribution in [0.4, 0.5) is 4.39 Å². The molecule has 0 radical (unpaired) electrons. The van der Waals surface area contributed by atoms with E-state index in [1.54, 1.807) is 12.1 Å². The van der Waals surface area contributed by atoms with Crippen molar-refractivity contribution in [3.8, 4) is 0 Å². The molecule has 0 aliphatic rings. The van der Waals surface area contributed by atoms with Gasteiger partial charge in [0.25, 0.3) is 0 Å². The SMILES string of the molecule is CC(CC(=O)Cc1cccc(F)c1)CC(C)(C)C. The van der Waals surface area contributed by atoms with Crippen molar-refractivity contribution in [2.75, 3.05) is 0 Å². The van der Waals surface area contributed by atoms with Crippen LogP contribution in [-0.4, -0.2) is 5.78 Å². The molecule has 0 bridgehead atoms. The van der Waals surface area contributed by atoms with Crippen molar-refractivity contribution in [2.45, 2.75) is 47.0 Å².